The molecule has 0 atom stereocenters. The molecule has 2 aromatic heterocycles. The highest BCUT2D eigenvalue weighted by atomic mass is 127. The van der Waals surface area contributed by atoms with Crippen molar-refractivity contribution < 1.29 is 0 Å². The zero-order valence-corrected chi connectivity index (χ0v) is 27.8. The maximum absolute atomic E-state index is 5.17. The molecule has 224 valence electrons. The van der Waals surface area contributed by atoms with Gasteiger partial charge in [-0.1, -0.05) is 157 Å². The zero-order valence-electron chi connectivity index (χ0n) is 25.6. The van der Waals surface area contributed by atoms with Crippen LogP contribution in [0.15, 0.2) is 175 Å². The van der Waals surface area contributed by atoms with Gasteiger partial charge in [-0.3, -0.25) is 4.98 Å². The topological polar surface area (TPSA) is 38.7 Å². The van der Waals surface area contributed by atoms with Crippen molar-refractivity contribution in [3.05, 3.63) is 180 Å². The van der Waals surface area contributed by atoms with Crippen molar-refractivity contribution >= 4 is 39.1 Å². The highest BCUT2D eigenvalue weighted by Gasteiger charge is 2.15. The molecule has 0 saturated carbocycles. The molecule has 0 aliphatic rings. The summed E-state index contributed by atoms with van der Waals surface area (Å²) in [4.78, 5) is 15.0. The number of para-hydroxylation sites is 1. The van der Waals surface area contributed by atoms with Gasteiger partial charge in [0.1, 0.15) is 0 Å². The summed E-state index contributed by atoms with van der Waals surface area (Å²) in [5.74, 6) is 0.681. The molecule has 0 spiro atoms. The molecule has 0 bridgehead atoms. The SMILES string of the molecule is C=C/C=C\C(=C/I)c1cc(-c2cc(-c3ccc(-c4ccccc4)cc3)nc(-c3ccccc3)n2)cc(-c2cccc3cccnc23)c1. The predicted molar refractivity (Wildman–Crippen MR) is 206 cm³/mol. The van der Waals surface area contributed by atoms with E-state index < -0.39 is 0 Å². The Morgan fingerprint density at radius 3 is 1.94 bits per heavy atom. The molecule has 4 heteroatoms. The third kappa shape index (κ3) is 6.60. The molecule has 0 saturated heterocycles. The second-order valence-corrected chi connectivity index (χ2v) is 11.7. The second kappa shape index (κ2) is 13.9. The predicted octanol–water partition coefficient (Wildman–Crippen LogP) is 11.9. The van der Waals surface area contributed by atoms with E-state index in [-0.39, 0.29) is 0 Å². The van der Waals surface area contributed by atoms with E-state index in [1.54, 1.807) is 6.08 Å². The molecule has 2 heterocycles. The number of halogens is 1. The van der Waals surface area contributed by atoms with Crippen LogP contribution in [0.1, 0.15) is 5.56 Å². The summed E-state index contributed by atoms with van der Waals surface area (Å²) >= 11 is 2.31. The van der Waals surface area contributed by atoms with Crippen molar-refractivity contribution in [2.75, 3.05) is 0 Å². The number of hydrogen-bond donors (Lipinski definition) is 0. The quantitative estimate of drug-likeness (QED) is 0.116. The summed E-state index contributed by atoms with van der Waals surface area (Å²) < 4.78 is 2.09. The second-order valence-electron chi connectivity index (χ2n) is 11.1. The molecule has 0 aliphatic carbocycles. The summed E-state index contributed by atoms with van der Waals surface area (Å²) in [5, 5.41) is 1.10. The Morgan fingerprint density at radius 1 is 0.574 bits per heavy atom. The van der Waals surface area contributed by atoms with Crippen LogP contribution in [0.3, 0.4) is 0 Å². The molecule has 47 heavy (non-hydrogen) atoms. The number of hydrogen-bond acceptors (Lipinski definition) is 3. The van der Waals surface area contributed by atoms with E-state index in [0.717, 1.165) is 61.2 Å². The highest BCUT2D eigenvalue weighted by Crippen LogP contribution is 2.36. The van der Waals surface area contributed by atoms with Crippen LogP contribution in [0.5, 0.6) is 0 Å². The average Bonchev–Trinajstić information content (AvgIpc) is 3.15. The lowest BCUT2D eigenvalue weighted by Gasteiger charge is -2.14. The van der Waals surface area contributed by atoms with Crippen molar-refractivity contribution in [2.24, 2.45) is 0 Å². The fourth-order valence-electron chi connectivity index (χ4n) is 5.73. The van der Waals surface area contributed by atoms with Gasteiger partial charge in [-0.05, 0) is 62.2 Å². The van der Waals surface area contributed by atoms with Crippen molar-refractivity contribution in [2.45, 2.75) is 0 Å². The number of nitrogens with zero attached hydrogens (tertiary/aromatic N) is 3. The average molecular weight is 716 g/mol. The van der Waals surface area contributed by atoms with E-state index in [2.05, 4.69) is 149 Å². The molecule has 0 unspecified atom stereocenters. The molecular weight excluding hydrogens is 685 g/mol. The minimum absolute atomic E-state index is 0.681. The largest absolute Gasteiger partial charge is 0.256 e. The smallest absolute Gasteiger partial charge is 0.160 e. The van der Waals surface area contributed by atoms with Gasteiger partial charge in [-0.15, -0.1) is 0 Å². The first-order valence-corrected chi connectivity index (χ1v) is 16.6. The maximum Gasteiger partial charge on any atom is 0.160 e. The fourth-order valence-corrected chi connectivity index (χ4v) is 6.29. The highest BCUT2D eigenvalue weighted by molar-refractivity contribution is 14.1. The Balaban J connectivity index is 1.43. The van der Waals surface area contributed by atoms with Gasteiger partial charge in [0.25, 0.3) is 0 Å². The summed E-state index contributed by atoms with van der Waals surface area (Å²) in [6, 6.07) is 48.4. The first-order valence-electron chi connectivity index (χ1n) is 15.4. The van der Waals surface area contributed by atoms with Crippen LogP contribution in [0.4, 0.5) is 0 Å². The van der Waals surface area contributed by atoms with Crippen molar-refractivity contribution in [1.82, 2.24) is 15.0 Å². The molecular formula is C43H30IN3. The number of pyridine rings is 1. The van der Waals surface area contributed by atoms with Gasteiger partial charge in [0.15, 0.2) is 5.82 Å². The number of benzene rings is 5. The molecule has 3 nitrogen and oxygen atoms in total. The van der Waals surface area contributed by atoms with Gasteiger partial charge >= 0.3 is 0 Å². The standard InChI is InChI=1S/C43H30IN3/c1-2-3-12-35(29-44)36-25-37(39-19-10-17-33-18-11-24-45-42(33)39)27-38(26-36)41-28-40(46-43(47-41)34-15-8-5-9-16-34)32-22-20-31(21-23-32)30-13-6-4-7-14-30/h2-29H,1H2/b12-3-,35-29+. The molecule has 5 aromatic carbocycles. The maximum atomic E-state index is 5.17. The Bertz CT molecular complexity index is 2250. The number of fused-ring (bicyclic) bond motifs is 1. The van der Waals surface area contributed by atoms with Crippen LogP contribution in [0.2, 0.25) is 0 Å². The van der Waals surface area contributed by atoms with Gasteiger partial charge < -0.3 is 0 Å². The van der Waals surface area contributed by atoms with Crippen molar-refractivity contribution in [3.8, 4) is 56.2 Å². The molecule has 7 rings (SSSR count). The van der Waals surface area contributed by atoms with Gasteiger partial charge in [0.2, 0.25) is 0 Å². The molecule has 0 radical (unpaired) electrons. The molecule has 0 N–H and O–H groups in total. The van der Waals surface area contributed by atoms with Gasteiger partial charge in [-0.25, -0.2) is 9.97 Å². The molecule has 0 amide bonds. The normalized spacial score (nSPS) is 11.6. The summed E-state index contributed by atoms with van der Waals surface area (Å²) in [5.41, 5.74) is 12.3. The first-order chi connectivity index (χ1) is 23.2. The zero-order chi connectivity index (χ0) is 32.0. The lowest BCUT2D eigenvalue weighted by Crippen LogP contribution is -1.97. The Labute approximate surface area is 288 Å². The van der Waals surface area contributed by atoms with Crippen LogP contribution >= 0.6 is 22.6 Å². The van der Waals surface area contributed by atoms with Gasteiger partial charge in [0.05, 0.1) is 16.9 Å². The number of rotatable bonds is 8. The van der Waals surface area contributed by atoms with E-state index in [1.807, 2.05) is 42.6 Å². The Hall–Kier alpha value is -5.46. The first kappa shape index (κ1) is 30.2. The van der Waals surface area contributed by atoms with Gasteiger partial charge in [-0.2, -0.15) is 0 Å². The summed E-state index contributed by atoms with van der Waals surface area (Å²) in [7, 11) is 0. The van der Waals surface area contributed by atoms with E-state index in [0.29, 0.717) is 5.82 Å². The fraction of sp³-hybridized carbons (Fsp3) is 0. The third-order valence-electron chi connectivity index (χ3n) is 8.08. The molecule has 0 aliphatic heterocycles. The van der Waals surface area contributed by atoms with Crippen molar-refractivity contribution in [3.63, 3.8) is 0 Å². The minimum atomic E-state index is 0.681. The lowest BCUT2D eigenvalue weighted by molar-refractivity contribution is 1.18. The van der Waals surface area contributed by atoms with Crippen LogP contribution in [-0.4, -0.2) is 15.0 Å². The van der Waals surface area contributed by atoms with Crippen LogP contribution < -0.4 is 0 Å². The lowest BCUT2D eigenvalue weighted by atomic mass is 9.93. The summed E-state index contributed by atoms with van der Waals surface area (Å²) in [6.45, 7) is 3.88. The van der Waals surface area contributed by atoms with E-state index in [9.17, 15) is 0 Å². The Morgan fingerprint density at radius 2 is 1.21 bits per heavy atom. The van der Waals surface area contributed by atoms with Crippen LogP contribution in [-0.2, 0) is 0 Å². The molecule has 0 fully saturated rings. The summed E-state index contributed by atoms with van der Waals surface area (Å²) in [6.07, 6.45) is 7.70. The van der Waals surface area contributed by atoms with E-state index in [4.69, 9.17) is 15.0 Å². The van der Waals surface area contributed by atoms with Gasteiger partial charge in [0, 0.05) is 33.8 Å². The van der Waals surface area contributed by atoms with E-state index >= 15 is 0 Å². The van der Waals surface area contributed by atoms with E-state index in [1.165, 1.54) is 11.1 Å². The number of allylic oxidation sites excluding steroid dienone is 4. The molecule has 7 aromatic rings. The minimum Gasteiger partial charge on any atom is -0.256 e. The number of aromatic nitrogens is 3. The third-order valence-corrected chi connectivity index (χ3v) is 8.75. The monoisotopic (exact) mass is 715 g/mol. The van der Waals surface area contributed by atoms with Crippen LogP contribution in [0, 0.1) is 0 Å². The Kier molecular flexibility index (Phi) is 8.93. The van der Waals surface area contributed by atoms with Crippen molar-refractivity contribution in [1.29, 1.82) is 0 Å². The van der Waals surface area contributed by atoms with Crippen LogP contribution in [0.25, 0.3) is 72.6 Å².